The normalized spacial score (nSPS) is 10.4. The molecule has 0 spiro atoms. The minimum absolute atomic E-state index is 0.0209. The summed E-state index contributed by atoms with van der Waals surface area (Å²) in [6.07, 6.45) is 1.62. The highest BCUT2D eigenvalue weighted by atomic mass is 16.3. The van der Waals surface area contributed by atoms with Crippen molar-refractivity contribution in [3.63, 3.8) is 0 Å². The summed E-state index contributed by atoms with van der Waals surface area (Å²) in [6, 6.07) is 7.61. The average molecular weight is 244 g/mol. The number of benzene rings is 1. The number of anilines is 3. The maximum atomic E-state index is 9.19. The lowest BCUT2D eigenvalue weighted by molar-refractivity contribution is 0.282. The monoisotopic (exact) mass is 244 g/mol. The first kappa shape index (κ1) is 12.3. The smallest absolute Gasteiger partial charge is 0.221 e. The third kappa shape index (κ3) is 2.41. The van der Waals surface area contributed by atoms with Crippen molar-refractivity contribution in [1.29, 1.82) is 0 Å². The third-order valence-corrected chi connectivity index (χ3v) is 2.82. The van der Waals surface area contributed by atoms with Crippen molar-refractivity contribution in [3.05, 3.63) is 41.6 Å². The number of nitrogen functional groups attached to an aromatic ring is 1. The SMILES string of the molecule is Cc1ccc(CO)cc1N(C)c1ccnc(N)n1. The van der Waals surface area contributed by atoms with Crippen LogP contribution in [0.1, 0.15) is 11.1 Å². The Morgan fingerprint density at radius 2 is 2.11 bits per heavy atom. The Morgan fingerprint density at radius 3 is 2.78 bits per heavy atom. The van der Waals surface area contributed by atoms with E-state index in [2.05, 4.69) is 9.97 Å². The fraction of sp³-hybridized carbons (Fsp3) is 0.231. The van der Waals surface area contributed by atoms with Crippen molar-refractivity contribution < 1.29 is 5.11 Å². The first-order valence-electron chi connectivity index (χ1n) is 5.64. The van der Waals surface area contributed by atoms with Gasteiger partial charge >= 0.3 is 0 Å². The molecule has 0 atom stereocenters. The van der Waals surface area contributed by atoms with E-state index in [0.29, 0.717) is 0 Å². The van der Waals surface area contributed by atoms with Crippen LogP contribution in [0.4, 0.5) is 17.5 Å². The van der Waals surface area contributed by atoms with Gasteiger partial charge in [-0.05, 0) is 30.2 Å². The molecule has 0 radical (unpaired) electrons. The molecule has 0 bridgehead atoms. The lowest BCUT2D eigenvalue weighted by Gasteiger charge is -2.21. The highest BCUT2D eigenvalue weighted by molar-refractivity contribution is 5.64. The number of nitrogens with zero attached hydrogens (tertiary/aromatic N) is 3. The minimum atomic E-state index is 0.0209. The van der Waals surface area contributed by atoms with Crippen LogP contribution in [0.25, 0.3) is 0 Å². The molecular weight excluding hydrogens is 228 g/mol. The van der Waals surface area contributed by atoms with Gasteiger partial charge in [-0.2, -0.15) is 4.98 Å². The summed E-state index contributed by atoms with van der Waals surface area (Å²) >= 11 is 0. The van der Waals surface area contributed by atoms with Gasteiger partial charge in [0.25, 0.3) is 0 Å². The van der Waals surface area contributed by atoms with Gasteiger partial charge in [0.05, 0.1) is 6.61 Å². The lowest BCUT2D eigenvalue weighted by Crippen LogP contribution is -2.14. The zero-order chi connectivity index (χ0) is 13.1. The molecule has 2 rings (SSSR count). The van der Waals surface area contributed by atoms with E-state index in [-0.39, 0.29) is 12.6 Å². The van der Waals surface area contributed by atoms with E-state index in [1.165, 1.54) is 0 Å². The maximum absolute atomic E-state index is 9.19. The molecule has 0 aliphatic carbocycles. The molecule has 0 unspecified atom stereocenters. The Balaban J connectivity index is 2.41. The van der Waals surface area contributed by atoms with Gasteiger partial charge in [-0.15, -0.1) is 0 Å². The second kappa shape index (κ2) is 5.01. The largest absolute Gasteiger partial charge is 0.392 e. The van der Waals surface area contributed by atoms with Crippen LogP contribution in [0.15, 0.2) is 30.5 Å². The molecule has 1 aromatic carbocycles. The quantitative estimate of drug-likeness (QED) is 0.858. The van der Waals surface area contributed by atoms with Crippen molar-refractivity contribution in [2.75, 3.05) is 17.7 Å². The van der Waals surface area contributed by atoms with Gasteiger partial charge in [0.15, 0.2) is 0 Å². The number of hydrogen-bond acceptors (Lipinski definition) is 5. The molecule has 0 aliphatic heterocycles. The molecule has 0 saturated heterocycles. The van der Waals surface area contributed by atoms with Crippen LogP contribution in [0, 0.1) is 6.92 Å². The Morgan fingerprint density at radius 1 is 1.33 bits per heavy atom. The van der Waals surface area contributed by atoms with Gasteiger partial charge in [-0.1, -0.05) is 12.1 Å². The van der Waals surface area contributed by atoms with Gasteiger partial charge in [0, 0.05) is 18.9 Å². The summed E-state index contributed by atoms with van der Waals surface area (Å²) in [7, 11) is 1.91. The summed E-state index contributed by atoms with van der Waals surface area (Å²) < 4.78 is 0. The highest BCUT2D eigenvalue weighted by Crippen LogP contribution is 2.26. The van der Waals surface area contributed by atoms with Crippen LogP contribution in [-0.4, -0.2) is 22.1 Å². The second-order valence-electron chi connectivity index (χ2n) is 4.11. The highest BCUT2D eigenvalue weighted by Gasteiger charge is 2.09. The molecule has 1 heterocycles. The van der Waals surface area contributed by atoms with E-state index >= 15 is 0 Å². The zero-order valence-corrected chi connectivity index (χ0v) is 10.5. The number of nitrogens with two attached hydrogens (primary N) is 1. The van der Waals surface area contributed by atoms with Gasteiger partial charge in [0.2, 0.25) is 5.95 Å². The van der Waals surface area contributed by atoms with E-state index in [0.717, 1.165) is 22.6 Å². The molecule has 0 amide bonds. The molecule has 0 aliphatic rings. The Kier molecular flexibility index (Phi) is 3.43. The van der Waals surface area contributed by atoms with Crippen LogP contribution < -0.4 is 10.6 Å². The fourth-order valence-corrected chi connectivity index (χ4v) is 1.79. The maximum Gasteiger partial charge on any atom is 0.221 e. The Bertz CT molecular complexity index is 556. The summed E-state index contributed by atoms with van der Waals surface area (Å²) in [6.45, 7) is 2.03. The summed E-state index contributed by atoms with van der Waals surface area (Å²) in [5.74, 6) is 0.969. The van der Waals surface area contributed by atoms with Crippen molar-refractivity contribution in [2.24, 2.45) is 0 Å². The number of aliphatic hydroxyl groups is 1. The molecule has 1 aromatic heterocycles. The molecule has 18 heavy (non-hydrogen) atoms. The third-order valence-electron chi connectivity index (χ3n) is 2.82. The molecule has 0 saturated carbocycles. The van der Waals surface area contributed by atoms with E-state index in [1.54, 1.807) is 12.3 Å². The van der Waals surface area contributed by atoms with Crippen molar-refractivity contribution in [1.82, 2.24) is 9.97 Å². The average Bonchev–Trinajstić information content (AvgIpc) is 2.38. The van der Waals surface area contributed by atoms with E-state index in [1.807, 2.05) is 37.1 Å². The first-order valence-corrected chi connectivity index (χ1v) is 5.64. The zero-order valence-electron chi connectivity index (χ0n) is 10.5. The Hall–Kier alpha value is -2.14. The van der Waals surface area contributed by atoms with Gasteiger partial charge < -0.3 is 15.7 Å². The molecule has 94 valence electrons. The van der Waals surface area contributed by atoms with Crippen LogP contribution >= 0.6 is 0 Å². The van der Waals surface area contributed by atoms with Gasteiger partial charge in [-0.25, -0.2) is 4.98 Å². The lowest BCUT2D eigenvalue weighted by atomic mass is 10.1. The summed E-state index contributed by atoms with van der Waals surface area (Å²) in [5.41, 5.74) is 8.53. The summed E-state index contributed by atoms with van der Waals surface area (Å²) in [5, 5.41) is 9.19. The van der Waals surface area contributed by atoms with E-state index in [4.69, 9.17) is 5.73 Å². The van der Waals surface area contributed by atoms with E-state index in [9.17, 15) is 5.11 Å². The van der Waals surface area contributed by atoms with Crippen molar-refractivity contribution in [3.8, 4) is 0 Å². The number of aromatic nitrogens is 2. The van der Waals surface area contributed by atoms with Gasteiger partial charge in [0.1, 0.15) is 5.82 Å². The number of hydrogen-bond donors (Lipinski definition) is 2. The van der Waals surface area contributed by atoms with Crippen LogP contribution in [0.5, 0.6) is 0 Å². The van der Waals surface area contributed by atoms with Crippen LogP contribution in [0.3, 0.4) is 0 Å². The number of aryl methyl sites for hydroxylation is 1. The molecule has 0 fully saturated rings. The van der Waals surface area contributed by atoms with Crippen molar-refractivity contribution >= 4 is 17.5 Å². The molecular formula is C13H16N4O. The molecule has 5 nitrogen and oxygen atoms in total. The standard InChI is InChI=1S/C13H16N4O/c1-9-3-4-10(8-18)7-11(9)17(2)12-5-6-15-13(14)16-12/h3-7,18H,8H2,1-2H3,(H2,14,15,16). The van der Waals surface area contributed by atoms with Crippen LogP contribution in [0.2, 0.25) is 0 Å². The van der Waals surface area contributed by atoms with Crippen LogP contribution in [-0.2, 0) is 6.61 Å². The molecule has 3 N–H and O–H groups in total. The van der Waals surface area contributed by atoms with E-state index < -0.39 is 0 Å². The minimum Gasteiger partial charge on any atom is -0.392 e. The summed E-state index contributed by atoms with van der Waals surface area (Å²) in [4.78, 5) is 9.97. The molecule has 5 heteroatoms. The fourth-order valence-electron chi connectivity index (χ4n) is 1.79. The van der Waals surface area contributed by atoms with Gasteiger partial charge in [-0.3, -0.25) is 0 Å². The van der Waals surface area contributed by atoms with Crippen molar-refractivity contribution in [2.45, 2.75) is 13.5 Å². The predicted octanol–water partition coefficient (Wildman–Crippen LogP) is 1.63. The number of rotatable bonds is 3. The second-order valence-corrected chi connectivity index (χ2v) is 4.11. The number of aliphatic hydroxyl groups excluding tert-OH is 1. The predicted molar refractivity (Wildman–Crippen MR) is 71.6 cm³/mol. The molecule has 2 aromatic rings. The first-order chi connectivity index (χ1) is 8.61. The Labute approximate surface area is 106 Å². The topological polar surface area (TPSA) is 75.3 Å².